The van der Waals surface area contributed by atoms with Crippen LogP contribution in [0, 0.1) is 5.82 Å². The largest absolute Gasteiger partial charge is 0.481 e. The molecule has 3 rings (SSSR count). The number of hydrogen-bond acceptors (Lipinski definition) is 3. The molecule has 0 radical (unpaired) electrons. The van der Waals surface area contributed by atoms with E-state index in [1.165, 1.54) is 12.1 Å². The Balaban J connectivity index is 1.57. The fourth-order valence-corrected chi connectivity index (χ4v) is 2.35. The monoisotopic (exact) mass is 251 g/mol. The first kappa shape index (κ1) is 11.5. The van der Waals surface area contributed by atoms with Gasteiger partial charge in [0.25, 0.3) is 5.91 Å². The minimum absolute atomic E-state index is 0.0876. The smallest absolute Gasteiger partial charge is 0.261 e. The minimum Gasteiger partial charge on any atom is -0.481 e. The predicted molar refractivity (Wildman–Crippen MR) is 61.8 cm³/mol. The summed E-state index contributed by atoms with van der Waals surface area (Å²) in [6.45, 7) is 1.84. The number of benzene rings is 1. The first-order chi connectivity index (χ1) is 8.71. The number of rotatable bonds is 3. The minimum atomic E-state index is -0.449. The topological polar surface area (TPSA) is 38.8 Å². The van der Waals surface area contributed by atoms with Crippen molar-refractivity contribution in [3.8, 4) is 5.75 Å². The number of para-hydroxylation sites is 1. The van der Waals surface area contributed by atoms with Crippen molar-refractivity contribution in [2.24, 2.45) is 0 Å². The molecular formula is C13H14FNO3. The van der Waals surface area contributed by atoms with Crippen molar-refractivity contribution in [2.45, 2.75) is 12.0 Å². The lowest BCUT2D eigenvalue weighted by atomic mass is 9.83. The molecule has 1 aromatic carbocycles. The lowest BCUT2D eigenvalue weighted by Crippen LogP contribution is -2.72. The summed E-state index contributed by atoms with van der Waals surface area (Å²) < 4.78 is 23.7. The van der Waals surface area contributed by atoms with Crippen LogP contribution in [0.15, 0.2) is 24.3 Å². The van der Waals surface area contributed by atoms with E-state index in [2.05, 4.69) is 0 Å². The fourth-order valence-electron chi connectivity index (χ4n) is 2.35. The van der Waals surface area contributed by atoms with Crippen LogP contribution in [0.3, 0.4) is 0 Å². The maximum absolute atomic E-state index is 13.3. The van der Waals surface area contributed by atoms with E-state index in [0.29, 0.717) is 13.2 Å². The molecule has 96 valence electrons. The van der Waals surface area contributed by atoms with Gasteiger partial charge < -0.3 is 14.4 Å². The number of hydrogen-bond donors (Lipinski definition) is 0. The molecule has 0 bridgehead atoms. The highest BCUT2D eigenvalue weighted by atomic mass is 19.1. The third-order valence-electron chi connectivity index (χ3n) is 3.60. The molecule has 0 atom stereocenters. The van der Waals surface area contributed by atoms with E-state index in [-0.39, 0.29) is 23.8 Å². The maximum atomic E-state index is 13.3. The van der Waals surface area contributed by atoms with Gasteiger partial charge in [0.1, 0.15) is 0 Å². The van der Waals surface area contributed by atoms with E-state index in [4.69, 9.17) is 9.47 Å². The van der Waals surface area contributed by atoms with Gasteiger partial charge in [-0.05, 0) is 18.6 Å². The van der Waals surface area contributed by atoms with E-state index in [1.54, 1.807) is 17.0 Å². The van der Waals surface area contributed by atoms with Gasteiger partial charge >= 0.3 is 0 Å². The second-order valence-electron chi connectivity index (χ2n) is 4.73. The second kappa shape index (κ2) is 4.24. The number of likely N-dealkylation sites (tertiary alicyclic amines) is 1. The van der Waals surface area contributed by atoms with Crippen molar-refractivity contribution in [2.75, 3.05) is 26.4 Å². The maximum Gasteiger partial charge on any atom is 0.261 e. The molecule has 2 fully saturated rings. The number of carbonyl (C=O) groups is 1. The number of nitrogens with zero attached hydrogens (tertiary/aromatic N) is 1. The molecule has 0 unspecified atom stereocenters. The van der Waals surface area contributed by atoms with Crippen LogP contribution in [0.4, 0.5) is 4.39 Å². The van der Waals surface area contributed by atoms with E-state index in [9.17, 15) is 9.18 Å². The molecular weight excluding hydrogens is 237 g/mol. The molecule has 1 spiro atoms. The average molecular weight is 251 g/mol. The predicted octanol–water partition coefficient (Wildman–Crippen LogP) is 1.21. The highest BCUT2D eigenvalue weighted by molar-refractivity contribution is 5.79. The van der Waals surface area contributed by atoms with Crippen LogP contribution >= 0.6 is 0 Å². The summed E-state index contributed by atoms with van der Waals surface area (Å²) in [6.07, 6.45) is 0.985. The molecule has 0 N–H and O–H groups in total. The second-order valence-corrected chi connectivity index (χ2v) is 4.73. The Labute approximate surface area is 104 Å². The third kappa shape index (κ3) is 1.75. The molecule has 0 saturated carbocycles. The molecule has 2 saturated heterocycles. The Morgan fingerprint density at radius 2 is 2.22 bits per heavy atom. The highest BCUT2D eigenvalue weighted by Crippen LogP contribution is 2.37. The van der Waals surface area contributed by atoms with Gasteiger partial charge in [-0.3, -0.25) is 4.79 Å². The van der Waals surface area contributed by atoms with Crippen molar-refractivity contribution in [3.05, 3.63) is 30.1 Å². The molecule has 1 amide bonds. The SMILES string of the molecule is O=C(COc1ccccc1F)N1CCC12COC2. The van der Waals surface area contributed by atoms with Crippen LogP contribution in [-0.2, 0) is 9.53 Å². The van der Waals surface area contributed by atoms with Gasteiger partial charge in [-0.2, -0.15) is 0 Å². The zero-order chi connectivity index (χ0) is 12.6. The molecule has 2 heterocycles. The average Bonchev–Trinajstić information content (AvgIpc) is 2.24. The quantitative estimate of drug-likeness (QED) is 0.810. The van der Waals surface area contributed by atoms with Crippen molar-refractivity contribution >= 4 is 5.91 Å². The fraction of sp³-hybridized carbons (Fsp3) is 0.462. The zero-order valence-electron chi connectivity index (χ0n) is 9.89. The van der Waals surface area contributed by atoms with Gasteiger partial charge in [-0.15, -0.1) is 0 Å². The van der Waals surface area contributed by atoms with Crippen LogP contribution < -0.4 is 4.74 Å². The summed E-state index contributed by atoms with van der Waals surface area (Å²) >= 11 is 0. The summed E-state index contributed by atoms with van der Waals surface area (Å²) in [5.41, 5.74) is -0.0876. The van der Waals surface area contributed by atoms with Crippen LogP contribution in [-0.4, -0.2) is 42.7 Å². The summed E-state index contributed by atoms with van der Waals surface area (Å²) in [7, 11) is 0. The van der Waals surface area contributed by atoms with Crippen LogP contribution in [0.1, 0.15) is 6.42 Å². The summed E-state index contributed by atoms with van der Waals surface area (Å²) in [4.78, 5) is 13.7. The van der Waals surface area contributed by atoms with Crippen molar-refractivity contribution < 1.29 is 18.7 Å². The van der Waals surface area contributed by atoms with Crippen molar-refractivity contribution in [3.63, 3.8) is 0 Å². The molecule has 2 aliphatic heterocycles. The standard InChI is InChI=1S/C13H14FNO3/c14-10-3-1-2-4-11(10)18-7-12(16)15-6-5-13(15)8-17-9-13/h1-4H,5-9H2. The van der Waals surface area contributed by atoms with Crippen molar-refractivity contribution in [1.82, 2.24) is 4.90 Å². The molecule has 4 nitrogen and oxygen atoms in total. The molecule has 1 aromatic rings. The Kier molecular flexibility index (Phi) is 2.70. The highest BCUT2D eigenvalue weighted by Gasteiger charge is 2.52. The molecule has 18 heavy (non-hydrogen) atoms. The summed E-state index contributed by atoms with van der Waals surface area (Å²) in [6, 6.07) is 6.08. The van der Waals surface area contributed by atoms with Gasteiger partial charge in [0.15, 0.2) is 18.2 Å². The number of halogens is 1. The summed E-state index contributed by atoms with van der Waals surface area (Å²) in [5, 5.41) is 0. The number of amides is 1. The normalized spacial score (nSPS) is 20.2. The van der Waals surface area contributed by atoms with Gasteiger partial charge in [0.05, 0.1) is 18.8 Å². The Hall–Kier alpha value is -1.62. The third-order valence-corrected chi connectivity index (χ3v) is 3.60. The van der Waals surface area contributed by atoms with E-state index in [0.717, 1.165) is 13.0 Å². The zero-order valence-corrected chi connectivity index (χ0v) is 9.89. The molecule has 2 aliphatic rings. The Morgan fingerprint density at radius 3 is 2.78 bits per heavy atom. The van der Waals surface area contributed by atoms with Crippen LogP contribution in [0.5, 0.6) is 5.75 Å². The first-order valence-corrected chi connectivity index (χ1v) is 5.97. The van der Waals surface area contributed by atoms with E-state index in [1.807, 2.05) is 0 Å². The lowest BCUT2D eigenvalue weighted by molar-refractivity contribution is -0.201. The molecule has 0 aromatic heterocycles. The van der Waals surface area contributed by atoms with Crippen LogP contribution in [0.2, 0.25) is 0 Å². The lowest BCUT2D eigenvalue weighted by Gasteiger charge is -2.57. The Morgan fingerprint density at radius 1 is 1.44 bits per heavy atom. The number of ether oxygens (including phenoxy) is 2. The van der Waals surface area contributed by atoms with E-state index >= 15 is 0 Å². The summed E-state index contributed by atoms with van der Waals surface area (Å²) in [5.74, 6) is -0.436. The Bertz CT molecular complexity index is 468. The van der Waals surface area contributed by atoms with Crippen LogP contribution in [0.25, 0.3) is 0 Å². The van der Waals surface area contributed by atoms with Gasteiger partial charge in [0, 0.05) is 6.54 Å². The molecule has 0 aliphatic carbocycles. The van der Waals surface area contributed by atoms with E-state index < -0.39 is 5.82 Å². The van der Waals surface area contributed by atoms with Crippen molar-refractivity contribution in [1.29, 1.82) is 0 Å². The molecule has 5 heteroatoms. The number of carbonyl (C=O) groups excluding carboxylic acids is 1. The van der Waals surface area contributed by atoms with Gasteiger partial charge in [0.2, 0.25) is 0 Å². The first-order valence-electron chi connectivity index (χ1n) is 5.97. The van der Waals surface area contributed by atoms with Gasteiger partial charge in [-0.1, -0.05) is 12.1 Å². The van der Waals surface area contributed by atoms with Gasteiger partial charge in [-0.25, -0.2) is 4.39 Å².